The van der Waals surface area contributed by atoms with E-state index in [9.17, 15) is 34.2 Å². The smallest absolute Gasteiger partial charge is 0.235 e. The minimum atomic E-state index is -2.73. The zero-order valence-corrected chi connectivity index (χ0v) is 26.0. The number of amides is 1. The molecule has 0 radical (unpaired) electrons. The third-order valence-electron chi connectivity index (χ3n) is 9.89. The molecule has 0 spiro atoms. The third kappa shape index (κ3) is 4.66. The molecule has 11 nitrogen and oxygen atoms in total. The molecule has 42 heavy (non-hydrogen) atoms. The highest BCUT2D eigenvalue weighted by Gasteiger charge is 2.69. The molecule has 0 saturated heterocycles. The number of hydrogen-bond donors (Lipinski definition) is 3. The zero-order valence-electron chi connectivity index (χ0n) is 26.0. The number of aliphatic hydroxyl groups is 1. The van der Waals surface area contributed by atoms with Gasteiger partial charge in [0.25, 0.3) is 0 Å². The number of ketones is 4. The highest BCUT2D eigenvalue weighted by molar-refractivity contribution is 6.32. The van der Waals surface area contributed by atoms with Gasteiger partial charge in [0.15, 0.2) is 34.7 Å². The Hall–Kier alpha value is -3.15. The normalized spacial score (nSPS) is 30.2. The van der Waals surface area contributed by atoms with Crippen molar-refractivity contribution >= 4 is 34.7 Å². The summed E-state index contributed by atoms with van der Waals surface area (Å²) in [4.78, 5) is 72.5. The van der Waals surface area contributed by atoms with Gasteiger partial charge in [-0.05, 0) is 69.4 Å². The average Bonchev–Trinajstić information content (AvgIpc) is 2.84. The number of aromatic hydroxyl groups is 1. The molecule has 0 bridgehead atoms. The lowest BCUT2D eigenvalue weighted by atomic mass is 9.52. The third-order valence-corrected chi connectivity index (χ3v) is 9.89. The maximum absolute atomic E-state index is 14.0. The second kappa shape index (κ2) is 10.5. The lowest BCUT2D eigenvalue weighted by molar-refractivity contribution is -0.181. The van der Waals surface area contributed by atoms with Crippen LogP contribution in [0.4, 0.5) is 5.69 Å². The van der Waals surface area contributed by atoms with Crippen molar-refractivity contribution in [3.05, 3.63) is 22.8 Å². The summed E-state index contributed by atoms with van der Waals surface area (Å²) < 4.78 is 0. The van der Waals surface area contributed by atoms with Crippen LogP contribution in [-0.4, -0.2) is 102 Å². The average molecular weight is 585 g/mol. The number of primary amides is 1. The van der Waals surface area contributed by atoms with Gasteiger partial charge in [0.05, 0.1) is 17.5 Å². The summed E-state index contributed by atoms with van der Waals surface area (Å²) in [5, 5.41) is 23.0. The van der Waals surface area contributed by atoms with Crippen LogP contribution < -0.4 is 10.6 Å². The van der Waals surface area contributed by atoms with Crippen molar-refractivity contribution in [1.29, 1.82) is 0 Å². The van der Waals surface area contributed by atoms with Crippen molar-refractivity contribution in [3.63, 3.8) is 0 Å². The molecule has 1 aromatic rings. The monoisotopic (exact) mass is 584 g/mol. The molecule has 0 aromatic heterocycles. The predicted octanol–water partition coefficient (Wildman–Crippen LogP) is 0.799. The Kier molecular flexibility index (Phi) is 7.97. The molecule has 230 valence electrons. The Labute approximate surface area is 247 Å². The molecule has 4 rings (SSSR count). The van der Waals surface area contributed by atoms with Gasteiger partial charge < -0.3 is 20.8 Å². The molecule has 11 heteroatoms. The van der Waals surface area contributed by atoms with Crippen molar-refractivity contribution in [2.24, 2.45) is 34.8 Å². The number of Topliss-reactive ketones (excluding diaryl/α,β-unsaturated/α-hetero) is 4. The number of likely N-dealkylation sites (N-methyl/N-ethyl adjacent to an activating group) is 1. The largest absolute Gasteiger partial charge is 0.507 e. The first-order chi connectivity index (χ1) is 19.3. The van der Waals surface area contributed by atoms with Gasteiger partial charge in [0.1, 0.15) is 5.75 Å². The summed E-state index contributed by atoms with van der Waals surface area (Å²) in [7, 11) is 8.85. The summed E-state index contributed by atoms with van der Waals surface area (Å²) in [6.07, 6.45) is 0.238. The number of benzene rings is 1. The zero-order chi connectivity index (χ0) is 31.8. The van der Waals surface area contributed by atoms with E-state index in [4.69, 9.17) is 5.73 Å². The standard InChI is InChI=1S/C31H44N4O7/c1-14(30(2,3)4)35(9)13-16-12-19(36)21-17(23(16)33(5)6)10-15-11-18-24(34(7)8)26(38)22(29(32)41)28(40)31(18,42)27(39)20(15)25(21)37/h12,14-15,18,20,22,24,36,42H,10-11,13H2,1-9H3,(H2,32,41)/t14-,15+,18+,20?,22?,24+,31+/m1/s1. The summed E-state index contributed by atoms with van der Waals surface area (Å²) in [6.45, 7) is 9.08. The highest BCUT2D eigenvalue weighted by atomic mass is 16.3. The molecule has 1 aromatic carbocycles. The van der Waals surface area contributed by atoms with E-state index in [1.807, 2.05) is 26.0 Å². The van der Waals surface area contributed by atoms with Gasteiger partial charge in [-0.15, -0.1) is 0 Å². The SMILES string of the molecule is C[C@@H](N(C)Cc1cc(O)c2c(c1N(C)C)C[C@H]1C[C@H]3[C@H](N(C)C)C(=O)C(C(N)=O)C(=O)[C@@]3(O)C(=O)C1C2=O)C(C)(C)C. The van der Waals surface area contributed by atoms with Gasteiger partial charge in [0.2, 0.25) is 5.91 Å². The summed E-state index contributed by atoms with van der Waals surface area (Å²) in [5.41, 5.74) is 4.83. The Morgan fingerprint density at radius 2 is 1.69 bits per heavy atom. The lowest BCUT2D eigenvalue weighted by Gasteiger charge is -2.52. The summed E-state index contributed by atoms with van der Waals surface area (Å²) >= 11 is 0. The Morgan fingerprint density at radius 1 is 1.10 bits per heavy atom. The quantitative estimate of drug-likeness (QED) is 0.408. The second-order valence-electron chi connectivity index (χ2n) is 13.9. The number of phenols is 1. The number of carbonyl (C=O) groups is 5. The van der Waals surface area contributed by atoms with Crippen molar-refractivity contribution in [1.82, 2.24) is 9.80 Å². The fraction of sp³-hybridized carbons (Fsp3) is 0.645. The Morgan fingerprint density at radius 3 is 2.19 bits per heavy atom. The number of hydrogen-bond acceptors (Lipinski definition) is 10. The Balaban J connectivity index is 1.85. The van der Waals surface area contributed by atoms with E-state index >= 15 is 0 Å². The summed E-state index contributed by atoms with van der Waals surface area (Å²) in [6, 6.07) is 0.615. The molecule has 2 fully saturated rings. The van der Waals surface area contributed by atoms with Crippen LogP contribution in [0.2, 0.25) is 0 Å². The van der Waals surface area contributed by atoms with Crippen LogP contribution in [0, 0.1) is 29.1 Å². The maximum Gasteiger partial charge on any atom is 0.235 e. The lowest BCUT2D eigenvalue weighted by Crippen LogP contribution is -2.74. The van der Waals surface area contributed by atoms with Crippen LogP contribution in [0.25, 0.3) is 0 Å². The van der Waals surface area contributed by atoms with Crippen LogP contribution in [0.15, 0.2) is 6.07 Å². The molecular formula is C31H44N4O7. The Bertz CT molecular complexity index is 1360. The van der Waals surface area contributed by atoms with Crippen LogP contribution in [0.1, 0.15) is 55.6 Å². The van der Waals surface area contributed by atoms with Crippen LogP contribution in [0.5, 0.6) is 5.75 Å². The molecule has 0 aliphatic heterocycles. The molecule has 2 unspecified atom stereocenters. The van der Waals surface area contributed by atoms with Gasteiger partial charge in [0, 0.05) is 38.3 Å². The van der Waals surface area contributed by atoms with Crippen LogP contribution >= 0.6 is 0 Å². The topological polar surface area (TPSA) is 162 Å². The number of rotatable bonds is 6. The van der Waals surface area contributed by atoms with Gasteiger partial charge in [-0.2, -0.15) is 0 Å². The van der Waals surface area contributed by atoms with Gasteiger partial charge in [-0.25, -0.2) is 0 Å². The van der Waals surface area contributed by atoms with E-state index in [1.54, 1.807) is 20.2 Å². The number of fused-ring (bicyclic) bond motifs is 3. The predicted molar refractivity (Wildman–Crippen MR) is 156 cm³/mol. The minimum Gasteiger partial charge on any atom is -0.507 e. The number of carbonyl (C=O) groups excluding carboxylic acids is 5. The van der Waals surface area contributed by atoms with Gasteiger partial charge in [-0.1, -0.05) is 20.8 Å². The van der Waals surface area contributed by atoms with Gasteiger partial charge in [-0.3, -0.25) is 33.8 Å². The van der Waals surface area contributed by atoms with Crippen LogP contribution in [0.3, 0.4) is 0 Å². The van der Waals surface area contributed by atoms with E-state index in [0.717, 1.165) is 11.3 Å². The van der Waals surface area contributed by atoms with Crippen molar-refractivity contribution in [2.75, 3.05) is 40.1 Å². The number of nitrogens with two attached hydrogens (primary N) is 1. The number of nitrogens with zero attached hydrogens (tertiary/aromatic N) is 3. The van der Waals surface area contributed by atoms with Gasteiger partial charge >= 0.3 is 0 Å². The van der Waals surface area contributed by atoms with Crippen molar-refractivity contribution < 1.29 is 34.2 Å². The summed E-state index contributed by atoms with van der Waals surface area (Å²) in [5.74, 6) is -10.5. The molecular weight excluding hydrogens is 540 g/mol. The number of phenolic OH excluding ortho intramolecular Hbond substituents is 1. The van der Waals surface area contributed by atoms with E-state index in [-0.39, 0.29) is 35.6 Å². The second-order valence-corrected chi connectivity index (χ2v) is 13.9. The number of anilines is 1. The first kappa shape index (κ1) is 31.8. The molecule has 3 aliphatic carbocycles. The molecule has 7 atom stereocenters. The van der Waals surface area contributed by atoms with E-state index in [2.05, 4.69) is 32.6 Å². The fourth-order valence-corrected chi connectivity index (χ4v) is 7.47. The highest BCUT2D eigenvalue weighted by Crippen LogP contribution is 2.52. The first-order valence-corrected chi connectivity index (χ1v) is 14.4. The van der Waals surface area contributed by atoms with Crippen LogP contribution in [-0.2, 0) is 32.1 Å². The van der Waals surface area contributed by atoms with E-state index in [1.165, 1.54) is 4.90 Å². The molecule has 1 amide bonds. The molecule has 0 heterocycles. The van der Waals surface area contributed by atoms with Crippen molar-refractivity contribution in [3.8, 4) is 5.75 Å². The van der Waals surface area contributed by atoms with E-state index in [0.29, 0.717) is 12.1 Å². The molecule has 2 saturated carbocycles. The van der Waals surface area contributed by atoms with Crippen molar-refractivity contribution in [2.45, 2.75) is 64.8 Å². The first-order valence-electron chi connectivity index (χ1n) is 14.4. The fourth-order valence-electron chi connectivity index (χ4n) is 7.47. The van der Waals surface area contributed by atoms with E-state index < -0.39 is 64.4 Å². The molecule has 3 aliphatic rings. The maximum atomic E-state index is 14.0. The minimum absolute atomic E-state index is 0.000526. The molecule has 4 N–H and O–H groups in total.